The average Bonchev–Trinajstić information content (AvgIpc) is 3.03. The first kappa shape index (κ1) is 15.1. The lowest BCUT2D eigenvalue weighted by molar-refractivity contribution is 0.371. The van der Waals surface area contributed by atoms with Gasteiger partial charge >= 0.3 is 0 Å². The van der Waals surface area contributed by atoms with Crippen molar-refractivity contribution < 1.29 is 0 Å². The minimum Gasteiger partial charge on any atom is -0.368 e. The number of fused-ring (bicyclic) bond motifs is 2. The van der Waals surface area contributed by atoms with E-state index in [0.717, 1.165) is 54.4 Å². The molecule has 3 aromatic rings. The van der Waals surface area contributed by atoms with E-state index in [9.17, 15) is 0 Å². The van der Waals surface area contributed by atoms with Crippen LogP contribution in [0.25, 0.3) is 11.0 Å². The van der Waals surface area contributed by atoms with Gasteiger partial charge in [-0.1, -0.05) is 26.0 Å². The molecular weight excluding hydrogens is 300 g/mol. The molecule has 0 saturated carbocycles. The second-order valence-electron chi connectivity index (χ2n) is 6.77. The number of anilines is 1. The fourth-order valence-corrected chi connectivity index (χ4v) is 3.30. The summed E-state index contributed by atoms with van der Waals surface area (Å²) in [6.45, 7) is 6.21. The Morgan fingerprint density at radius 2 is 2.04 bits per heavy atom. The number of nitrogens with zero attached hydrogens (tertiary/aromatic N) is 5. The van der Waals surface area contributed by atoms with Crippen molar-refractivity contribution in [2.45, 2.75) is 39.2 Å². The van der Waals surface area contributed by atoms with E-state index in [2.05, 4.69) is 43.9 Å². The van der Waals surface area contributed by atoms with Gasteiger partial charge in [0.25, 0.3) is 0 Å². The monoisotopic (exact) mass is 322 g/mol. The van der Waals surface area contributed by atoms with Crippen molar-refractivity contribution in [3.05, 3.63) is 42.1 Å². The predicted molar refractivity (Wildman–Crippen MR) is 93.9 cm³/mol. The molecule has 0 bridgehead atoms. The summed E-state index contributed by atoms with van der Waals surface area (Å²) < 4.78 is 2.30. The Labute approximate surface area is 141 Å². The Morgan fingerprint density at radius 3 is 2.88 bits per heavy atom. The molecule has 1 aliphatic rings. The molecule has 6 heteroatoms. The number of nitrogens with one attached hydrogen (secondary N) is 1. The summed E-state index contributed by atoms with van der Waals surface area (Å²) in [4.78, 5) is 9.09. The topological polar surface area (TPSA) is 68.5 Å². The van der Waals surface area contributed by atoms with Crippen molar-refractivity contribution in [3.8, 4) is 0 Å². The molecule has 1 atom stereocenters. The summed E-state index contributed by atoms with van der Waals surface area (Å²) in [6.07, 6.45) is 3.94. The molecule has 0 saturated heterocycles. The molecule has 124 valence electrons. The fraction of sp³-hybridized carbons (Fsp3) is 0.444. The predicted octanol–water partition coefficient (Wildman–Crippen LogP) is 3.02. The van der Waals surface area contributed by atoms with Crippen LogP contribution in [0.1, 0.15) is 37.8 Å². The average molecular weight is 322 g/mol. The van der Waals surface area contributed by atoms with Crippen molar-refractivity contribution in [2.75, 3.05) is 11.9 Å². The first-order chi connectivity index (χ1) is 11.7. The molecule has 3 heterocycles. The Morgan fingerprint density at radius 1 is 1.21 bits per heavy atom. The molecule has 1 aromatic carbocycles. The van der Waals surface area contributed by atoms with E-state index >= 15 is 0 Å². The molecule has 6 nitrogen and oxygen atoms in total. The Bertz CT molecular complexity index is 854. The van der Waals surface area contributed by atoms with E-state index in [-0.39, 0.29) is 0 Å². The molecule has 0 fully saturated rings. The molecule has 2 aromatic heterocycles. The minimum absolute atomic E-state index is 0.407. The number of hydrogen-bond donors (Lipinski definition) is 1. The smallest absolute Gasteiger partial charge is 0.145 e. The maximum Gasteiger partial charge on any atom is 0.145 e. The summed E-state index contributed by atoms with van der Waals surface area (Å²) in [5.41, 5.74) is 1.85. The highest BCUT2D eigenvalue weighted by Crippen LogP contribution is 2.23. The summed E-state index contributed by atoms with van der Waals surface area (Å²) in [5, 5.41) is 12.1. The molecule has 0 amide bonds. The van der Waals surface area contributed by atoms with Gasteiger partial charge in [-0.2, -0.15) is 0 Å². The molecule has 1 N–H and O–H groups in total. The first-order valence-electron chi connectivity index (χ1n) is 8.58. The normalized spacial score (nSPS) is 17.2. The summed E-state index contributed by atoms with van der Waals surface area (Å²) in [7, 11) is 0. The lowest BCUT2D eigenvalue weighted by Crippen LogP contribution is -2.27. The second-order valence-corrected chi connectivity index (χ2v) is 6.77. The van der Waals surface area contributed by atoms with E-state index in [4.69, 9.17) is 0 Å². The molecular formula is C18H22N6. The van der Waals surface area contributed by atoms with Crippen LogP contribution in [0.15, 0.2) is 30.5 Å². The van der Waals surface area contributed by atoms with Gasteiger partial charge in [0.15, 0.2) is 0 Å². The zero-order valence-electron chi connectivity index (χ0n) is 14.1. The minimum atomic E-state index is 0.407. The van der Waals surface area contributed by atoms with Crippen molar-refractivity contribution in [3.63, 3.8) is 0 Å². The van der Waals surface area contributed by atoms with Crippen LogP contribution < -0.4 is 5.32 Å². The molecule has 0 aliphatic carbocycles. The van der Waals surface area contributed by atoms with Gasteiger partial charge in [-0.15, -0.1) is 10.2 Å². The highest BCUT2D eigenvalue weighted by molar-refractivity contribution is 5.75. The Hall–Kier alpha value is -2.50. The summed E-state index contributed by atoms with van der Waals surface area (Å²) in [5.74, 6) is 4.02. The van der Waals surface area contributed by atoms with Crippen LogP contribution in [0.2, 0.25) is 0 Å². The molecule has 4 rings (SSSR count). The van der Waals surface area contributed by atoms with Gasteiger partial charge in [0.05, 0.1) is 17.2 Å². The quantitative estimate of drug-likeness (QED) is 0.799. The van der Waals surface area contributed by atoms with Crippen molar-refractivity contribution in [1.29, 1.82) is 0 Å². The SMILES string of the molecule is CC(C)c1nnc2n1C[C@@H](CNc1cnc3ccccc3n1)CC2. The Balaban J connectivity index is 1.45. The van der Waals surface area contributed by atoms with Crippen LogP contribution in [0, 0.1) is 5.92 Å². The lowest BCUT2D eigenvalue weighted by Gasteiger charge is -2.25. The molecule has 24 heavy (non-hydrogen) atoms. The van der Waals surface area contributed by atoms with E-state index in [1.165, 1.54) is 0 Å². The Kier molecular flexibility index (Phi) is 3.88. The third-order valence-corrected chi connectivity index (χ3v) is 4.61. The lowest BCUT2D eigenvalue weighted by atomic mass is 9.98. The van der Waals surface area contributed by atoms with Crippen LogP contribution in [0.4, 0.5) is 5.82 Å². The van der Waals surface area contributed by atoms with Gasteiger partial charge in [0, 0.05) is 25.4 Å². The molecule has 0 radical (unpaired) electrons. The van der Waals surface area contributed by atoms with Gasteiger partial charge in [-0.25, -0.2) is 4.98 Å². The standard InChI is InChI=1S/C18H22N6/c1-12(2)18-23-22-17-8-7-13(11-24(17)18)9-20-16-10-19-14-5-3-4-6-15(14)21-16/h3-6,10,12-13H,7-9,11H2,1-2H3,(H,20,21)/t13-/m1/s1. The largest absolute Gasteiger partial charge is 0.368 e. The van der Waals surface area contributed by atoms with E-state index in [0.29, 0.717) is 11.8 Å². The van der Waals surface area contributed by atoms with Crippen LogP contribution in [0.5, 0.6) is 0 Å². The first-order valence-corrected chi connectivity index (χ1v) is 8.58. The number of para-hydroxylation sites is 2. The number of aromatic nitrogens is 5. The second kappa shape index (κ2) is 6.19. The highest BCUT2D eigenvalue weighted by atomic mass is 15.3. The zero-order valence-corrected chi connectivity index (χ0v) is 14.1. The van der Waals surface area contributed by atoms with Crippen LogP contribution in [-0.2, 0) is 13.0 Å². The van der Waals surface area contributed by atoms with Gasteiger partial charge in [0.2, 0.25) is 0 Å². The van der Waals surface area contributed by atoms with Crippen molar-refractivity contribution in [1.82, 2.24) is 24.7 Å². The van der Waals surface area contributed by atoms with Gasteiger partial charge < -0.3 is 9.88 Å². The number of aryl methyl sites for hydroxylation is 1. The van der Waals surface area contributed by atoms with Crippen LogP contribution in [0.3, 0.4) is 0 Å². The summed E-state index contributed by atoms with van der Waals surface area (Å²) >= 11 is 0. The number of rotatable bonds is 4. The van der Waals surface area contributed by atoms with Gasteiger partial charge in [0.1, 0.15) is 17.5 Å². The molecule has 0 unspecified atom stereocenters. The third kappa shape index (κ3) is 2.84. The van der Waals surface area contributed by atoms with Gasteiger partial charge in [-0.3, -0.25) is 4.98 Å². The number of hydrogen-bond acceptors (Lipinski definition) is 5. The maximum atomic E-state index is 4.63. The fourth-order valence-electron chi connectivity index (χ4n) is 3.30. The van der Waals surface area contributed by atoms with Crippen LogP contribution in [-0.4, -0.2) is 31.3 Å². The van der Waals surface area contributed by atoms with Crippen LogP contribution >= 0.6 is 0 Å². The highest BCUT2D eigenvalue weighted by Gasteiger charge is 2.23. The van der Waals surface area contributed by atoms with Crippen molar-refractivity contribution >= 4 is 16.9 Å². The molecule has 0 spiro atoms. The van der Waals surface area contributed by atoms with Crippen molar-refractivity contribution in [2.24, 2.45) is 5.92 Å². The van der Waals surface area contributed by atoms with Gasteiger partial charge in [-0.05, 0) is 24.5 Å². The van der Waals surface area contributed by atoms with E-state index in [1.54, 1.807) is 0 Å². The van der Waals surface area contributed by atoms with E-state index < -0.39 is 0 Å². The zero-order chi connectivity index (χ0) is 16.5. The maximum absolute atomic E-state index is 4.63. The number of benzene rings is 1. The van der Waals surface area contributed by atoms with E-state index in [1.807, 2.05) is 30.5 Å². The summed E-state index contributed by atoms with van der Waals surface area (Å²) in [6, 6.07) is 7.94. The molecule has 1 aliphatic heterocycles. The third-order valence-electron chi connectivity index (χ3n) is 4.61.